The summed E-state index contributed by atoms with van der Waals surface area (Å²) >= 11 is 0. The third-order valence-corrected chi connectivity index (χ3v) is 4.46. The molecule has 0 fully saturated rings. The zero-order valence-electron chi connectivity index (χ0n) is 15.5. The maximum atomic E-state index is 13.6. The lowest BCUT2D eigenvalue weighted by Crippen LogP contribution is -2.28. The number of aromatic nitrogens is 1. The summed E-state index contributed by atoms with van der Waals surface area (Å²) in [5.74, 6) is 0.444. The number of benzene rings is 2. The first-order valence-electron chi connectivity index (χ1n) is 8.77. The number of fused-ring (bicyclic) bond motifs is 1. The fourth-order valence-electron chi connectivity index (χ4n) is 3.02. The molecule has 1 aromatic heterocycles. The van der Waals surface area contributed by atoms with Crippen LogP contribution in [-0.4, -0.2) is 25.4 Å². The molecule has 0 atom stereocenters. The van der Waals surface area contributed by atoms with E-state index in [1.165, 1.54) is 12.1 Å². The number of nitrogens with one attached hydrogen (secondary N) is 1. The van der Waals surface area contributed by atoms with Crippen LogP contribution in [0.5, 0.6) is 5.75 Å². The number of hydrogen-bond donors (Lipinski definition) is 1. The molecular weight excluding hydrogens is 347 g/mol. The van der Waals surface area contributed by atoms with Crippen LogP contribution in [0.25, 0.3) is 10.9 Å². The Labute approximate surface area is 157 Å². The summed E-state index contributed by atoms with van der Waals surface area (Å²) in [5, 5.41) is 4.12. The number of methoxy groups -OCH3 is 2. The van der Waals surface area contributed by atoms with E-state index >= 15 is 0 Å². The van der Waals surface area contributed by atoms with E-state index in [1.807, 2.05) is 30.3 Å². The van der Waals surface area contributed by atoms with E-state index in [-0.39, 0.29) is 11.4 Å². The summed E-state index contributed by atoms with van der Waals surface area (Å²) in [4.78, 5) is 12.9. The highest BCUT2D eigenvalue weighted by atomic mass is 19.1. The molecule has 1 heterocycles. The van der Waals surface area contributed by atoms with E-state index in [9.17, 15) is 9.18 Å². The number of halogens is 1. The summed E-state index contributed by atoms with van der Waals surface area (Å²) in [6, 6.07) is 14.1. The average Bonchev–Trinajstić information content (AvgIpc) is 2.69. The number of rotatable bonds is 8. The van der Waals surface area contributed by atoms with Gasteiger partial charge in [-0.1, -0.05) is 12.1 Å². The van der Waals surface area contributed by atoms with Gasteiger partial charge in [0.05, 0.1) is 19.2 Å². The van der Waals surface area contributed by atoms with Crippen LogP contribution in [0.4, 0.5) is 4.39 Å². The van der Waals surface area contributed by atoms with Gasteiger partial charge in [-0.3, -0.25) is 4.79 Å². The van der Waals surface area contributed by atoms with E-state index in [0.29, 0.717) is 37.3 Å². The Kier molecular flexibility index (Phi) is 6.21. The molecule has 0 bridgehead atoms. The molecule has 0 radical (unpaired) electrons. The summed E-state index contributed by atoms with van der Waals surface area (Å²) in [6.07, 6.45) is 0. The first kappa shape index (κ1) is 19.1. The lowest BCUT2D eigenvalue weighted by molar-refractivity contribution is 0.187. The lowest BCUT2D eigenvalue weighted by atomic mass is 10.1. The van der Waals surface area contributed by atoms with Crippen molar-refractivity contribution in [3.05, 3.63) is 75.8 Å². The molecule has 142 valence electrons. The first-order valence-corrected chi connectivity index (χ1v) is 8.77. The van der Waals surface area contributed by atoms with Gasteiger partial charge >= 0.3 is 0 Å². The van der Waals surface area contributed by atoms with Gasteiger partial charge in [-0.05, 0) is 47.3 Å². The van der Waals surface area contributed by atoms with Gasteiger partial charge in [0.25, 0.3) is 5.56 Å². The Morgan fingerprint density at radius 2 is 1.81 bits per heavy atom. The number of ether oxygens (including phenoxy) is 2. The van der Waals surface area contributed by atoms with E-state index < -0.39 is 0 Å². The zero-order valence-corrected chi connectivity index (χ0v) is 15.5. The fraction of sp³-hybridized carbons (Fsp3) is 0.286. The molecule has 0 unspecified atom stereocenters. The molecule has 0 saturated heterocycles. The van der Waals surface area contributed by atoms with E-state index in [4.69, 9.17) is 9.47 Å². The molecule has 3 aromatic rings. The third kappa shape index (κ3) is 4.53. The Bertz CT molecular complexity index is 968. The molecule has 3 rings (SSSR count). The van der Waals surface area contributed by atoms with E-state index in [2.05, 4.69) is 5.32 Å². The molecule has 0 saturated carbocycles. The topological polar surface area (TPSA) is 52.5 Å². The Morgan fingerprint density at radius 1 is 1.04 bits per heavy atom. The molecule has 2 aromatic carbocycles. The van der Waals surface area contributed by atoms with Crippen molar-refractivity contribution in [1.29, 1.82) is 0 Å². The summed E-state index contributed by atoms with van der Waals surface area (Å²) in [7, 11) is 3.21. The smallest absolute Gasteiger partial charge is 0.255 e. The second-order valence-corrected chi connectivity index (χ2v) is 6.27. The van der Waals surface area contributed by atoms with Crippen LogP contribution in [0.3, 0.4) is 0 Å². The first-order chi connectivity index (χ1) is 13.1. The van der Waals surface area contributed by atoms with Gasteiger partial charge in [-0.2, -0.15) is 0 Å². The molecule has 0 aliphatic carbocycles. The van der Waals surface area contributed by atoms with Crippen LogP contribution in [0.1, 0.15) is 11.1 Å². The van der Waals surface area contributed by atoms with Gasteiger partial charge in [-0.25, -0.2) is 4.39 Å². The standard InChI is InChI=1S/C21H23FN2O3/c1-26-10-9-24-20-12-18(22)6-5-16(20)11-17(21(24)25)14-23-13-15-3-7-19(27-2)8-4-15/h3-8,11-12,23H,9-10,13-14H2,1-2H3. The Balaban J connectivity index is 1.81. The normalized spacial score (nSPS) is 11.1. The largest absolute Gasteiger partial charge is 0.497 e. The molecule has 27 heavy (non-hydrogen) atoms. The highest BCUT2D eigenvalue weighted by molar-refractivity contribution is 5.79. The van der Waals surface area contributed by atoms with E-state index in [0.717, 1.165) is 16.7 Å². The van der Waals surface area contributed by atoms with Crippen LogP contribution in [0, 0.1) is 5.82 Å². The number of pyridine rings is 1. The van der Waals surface area contributed by atoms with Crippen LogP contribution in [0.15, 0.2) is 53.3 Å². The monoisotopic (exact) mass is 370 g/mol. The highest BCUT2D eigenvalue weighted by Crippen LogP contribution is 2.16. The van der Waals surface area contributed by atoms with Crippen molar-refractivity contribution in [2.24, 2.45) is 0 Å². The van der Waals surface area contributed by atoms with Crippen molar-refractivity contribution in [3.63, 3.8) is 0 Å². The van der Waals surface area contributed by atoms with Crippen LogP contribution < -0.4 is 15.6 Å². The molecule has 0 aliphatic heterocycles. The Morgan fingerprint density at radius 3 is 2.52 bits per heavy atom. The van der Waals surface area contributed by atoms with Crippen LogP contribution >= 0.6 is 0 Å². The van der Waals surface area contributed by atoms with Crippen molar-refractivity contribution < 1.29 is 13.9 Å². The van der Waals surface area contributed by atoms with Crippen molar-refractivity contribution in [3.8, 4) is 5.75 Å². The average molecular weight is 370 g/mol. The van der Waals surface area contributed by atoms with Crippen molar-refractivity contribution >= 4 is 10.9 Å². The van der Waals surface area contributed by atoms with Gasteiger partial charge in [0, 0.05) is 32.3 Å². The third-order valence-electron chi connectivity index (χ3n) is 4.46. The molecule has 1 N–H and O–H groups in total. The quantitative estimate of drug-likeness (QED) is 0.662. The number of hydrogen-bond acceptors (Lipinski definition) is 4. The Hall–Kier alpha value is -2.70. The second-order valence-electron chi connectivity index (χ2n) is 6.27. The lowest BCUT2D eigenvalue weighted by Gasteiger charge is -2.13. The minimum Gasteiger partial charge on any atom is -0.497 e. The molecule has 0 spiro atoms. The number of nitrogens with zero attached hydrogens (tertiary/aromatic N) is 1. The predicted molar refractivity (Wildman–Crippen MR) is 104 cm³/mol. The summed E-state index contributed by atoms with van der Waals surface area (Å²) < 4.78 is 25.5. The van der Waals surface area contributed by atoms with Crippen molar-refractivity contribution in [2.45, 2.75) is 19.6 Å². The highest BCUT2D eigenvalue weighted by Gasteiger charge is 2.10. The molecule has 0 amide bonds. The maximum Gasteiger partial charge on any atom is 0.255 e. The zero-order chi connectivity index (χ0) is 19.2. The summed E-state index contributed by atoms with van der Waals surface area (Å²) in [5.41, 5.74) is 2.18. The second kappa shape index (κ2) is 8.79. The van der Waals surface area contributed by atoms with Crippen LogP contribution in [0.2, 0.25) is 0 Å². The molecule has 6 heteroatoms. The minimum absolute atomic E-state index is 0.132. The van der Waals surface area contributed by atoms with E-state index in [1.54, 1.807) is 24.9 Å². The molecule has 0 aliphatic rings. The SMILES string of the molecule is COCCn1c(=O)c(CNCc2ccc(OC)cc2)cc2ccc(F)cc21. The molecule has 5 nitrogen and oxygen atoms in total. The van der Waals surface area contributed by atoms with Gasteiger partial charge < -0.3 is 19.4 Å². The fourth-order valence-corrected chi connectivity index (χ4v) is 3.02. The van der Waals surface area contributed by atoms with Gasteiger partial charge in [0.1, 0.15) is 11.6 Å². The summed E-state index contributed by atoms with van der Waals surface area (Å²) in [6.45, 7) is 1.81. The predicted octanol–water partition coefficient (Wildman–Crippen LogP) is 3.09. The van der Waals surface area contributed by atoms with Crippen molar-refractivity contribution in [1.82, 2.24) is 9.88 Å². The van der Waals surface area contributed by atoms with Gasteiger partial charge in [-0.15, -0.1) is 0 Å². The van der Waals surface area contributed by atoms with Gasteiger partial charge in [0.2, 0.25) is 0 Å². The minimum atomic E-state index is -0.363. The van der Waals surface area contributed by atoms with Crippen LogP contribution in [-0.2, 0) is 24.4 Å². The van der Waals surface area contributed by atoms with Crippen molar-refractivity contribution in [2.75, 3.05) is 20.8 Å². The van der Waals surface area contributed by atoms with Gasteiger partial charge in [0.15, 0.2) is 0 Å². The molecular formula is C21H23FN2O3. The maximum absolute atomic E-state index is 13.6.